The van der Waals surface area contributed by atoms with Crippen molar-refractivity contribution in [1.29, 1.82) is 0 Å². The van der Waals surface area contributed by atoms with Crippen LogP contribution in [0.5, 0.6) is 17.2 Å². The van der Waals surface area contributed by atoms with Gasteiger partial charge in [-0.15, -0.1) is 0 Å². The van der Waals surface area contributed by atoms with E-state index >= 15 is 0 Å². The van der Waals surface area contributed by atoms with Gasteiger partial charge < -0.3 is 14.9 Å². The minimum atomic E-state index is 0.214. The summed E-state index contributed by atoms with van der Waals surface area (Å²) in [5, 5.41) is 22.2. The molecule has 112 valence electrons. The van der Waals surface area contributed by atoms with Crippen LogP contribution >= 0.6 is 0 Å². The summed E-state index contributed by atoms with van der Waals surface area (Å²) >= 11 is 0. The number of hydrogen-bond acceptors (Lipinski definition) is 3. The van der Waals surface area contributed by atoms with Crippen LogP contribution in [0.4, 0.5) is 0 Å². The fourth-order valence-electron chi connectivity index (χ4n) is 3.10. The first kappa shape index (κ1) is 14.3. The number of phenolic OH excluding ortho intramolecular Hbond substituents is 2. The van der Waals surface area contributed by atoms with E-state index in [2.05, 4.69) is 0 Å². The Morgan fingerprint density at radius 3 is 2.23 bits per heavy atom. The van der Waals surface area contributed by atoms with Crippen molar-refractivity contribution in [3.05, 3.63) is 53.6 Å². The predicted octanol–water partition coefficient (Wildman–Crippen LogP) is 4.54. The molecule has 3 rings (SSSR count). The van der Waals surface area contributed by atoms with Crippen molar-refractivity contribution < 1.29 is 14.9 Å². The molecular formula is C19H18O3. The van der Waals surface area contributed by atoms with Gasteiger partial charge in [-0.25, -0.2) is 0 Å². The molecule has 0 aromatic heterocycles. The summed E-state index contributed by atoms with van der Waals surface area (Å²) in [5.41, 5.74) is 3.39. The van der Waals surface area contributed by atoms with Gasteiger partial charge in [0.05, 0.1) is 7.11 Å². The minimum absolute atomic E-state index is 0.214. The van der Waals surface area contributed by atoms with Gasteiger partial charge in [-0.05, 0) is 48.6 Å². The Balaban J connectivity index is 2.41. The topological polar surface area (TPSA) is 49.7 Å². The van der Waals surface area contributed by atoms with E-state index in [-0.39, 0.29) is 11.5 Å². The van der Waals surface area contributed by atoms with E-state index in [1.807, 2.05) is 44.2 Å². The number of methoxy groups -OCH3 is 1. The molecule has 0 heterocycles. The first-order valence-corrected chi connectivity index (χ1v) is 7.12. The number of phenols is 2. The second-order valence-corrected chi connectivity index (χ2v) is 5.42. The lowest BCUT2D eigenvalue weighted by Crippen LogP contribution is -1.95. The Labute approximate surface area is 129 Å². The molecule has 0 radical (unpaired) electrons. The van der Waals surface area contributed by atoms with Crippen LogP contribution < -0.4 is 4.74 Å². The number of hydrogen-bond donors (Lipinski definition) is 2. The van der Waals surface area contributed by atoms with E-state index in [0.29, 0.717) is 0 Å². The summed E-state index contributed by atoms with van der Waals surface area (Å²) in [4.78, 5) is 0. The molecule has 0 amide bonds. The van der Waals surface area contributed by atoms with Crippen LogP contribution in [0.1, 0.15) is 11.1 Å². The van der Waals surface area contributed by atoms with Gasteiger partial charge in [0.25, 0.3) is 0 Å². The van der Waals surface area contributed by atoms with E-state index in [1.165, 1.54) is 0 Å². The molecule has 0 fully saturated rings. The summed E-state index contributed by atoms with van der Waals surface area (Å²) in [6, 6.07) is 12.8. The third-order valence-corrected chi connectivity index (χ3v) is 4.06. The average molecular weight is 294 g/mol. The highest BCUT2D eigenvalue weighted by Crippen LogP contribution is 2.43. The molecule has 0 unspecified atom stereocenters. The molecule has 0 spiro atoms. The van der Waals surface area contributed by atoms with Crippen molar-refractivity contribution in [1.82, 2.24) is 0 Å². The molecule has 0 atom stereocenters. The SMILES string of the molecule is COc1c(C)cc(O)c(-c2ccc(O)c3ccccc23)c1C. The Bertz CT molecular complexity index is 866. The first-order chi connectivity index (χ1) is 10.5. The summed E-state index contributed by atoms with van der Waals surface area (Å²) in [5.74, 6) is 1.21. The van der Waals surface area contributed by atoms with Crippen LogP contribution in [0, 0.1) is 13.8 Å². The lowest BCUT2D eigenvalue weighted by atomic mass is 9.92. The second kappa shape index (κ2) is 5.26. The lowest BCUT2D eigenvalue weighted by molar-refractivity contribution is 0.406. The van der Waals surface area contributed by atoms with Crippen molar-refractivity contribution in [2.75, 3.05) is 7.11 Å². The maximum atomic E-state index is 10.5. The van der Waals surface area contributed by atoms with Crippen LogP contribution in [-0.4, -0.2) is 17.3 Å². The highest BCUT2D eigenvalue weighted by Gasteiger charge is 2.17. The maximum absolute atomic E-state index is 10.5. The van der Waals surface area contributed by atoms with Gasteiger partial charge in [0, 0.05) is 16.5 Å². The third kappa shape index (κ3) is 2.06. The second-order valence-electron chi connectivity index (χ2n) is 5.42. The Kier molecular flexibility index (Phi) is 3.41. The summed E-state index contributed by atoms with van der Waals surface area (Å²) in [6.07, 6.45) is 0. The molecular weight excluding hydrogens is 276 g/mol. The molecule has 0 saturated carbocycles. The van der Waals surface area contributed by atoms with Crippen molar-refractivity contribution in [3.63, 3.8) is 0 Å². The van der Waals surface area contributed by atoms with Crippen molar-refractivity contribution in [2.45, 2.75) is 13.8 Å². The Morgan fingerprint density at radius 2 is 1.55 bits per heavy atom. The standard InChI is InChI=1S/C19H18O3/c1-11-10-17(21)18(12(2)19(11)22-3)15-8-9-16(20)14-7-5-4-6-13(14)15/h4-10,20-21H,1-3H3. The highest BCUT2D eigenvalue weighted by molar-refractivity contribution is 6.02. The number of ether oxygens (including phenoxy) is 1. The van der Waals surface area contributed by atoms with Crippen molar-refractivity contribution >= 4 is 10.8 Å². The van der Waals surface area contributed by atoms with Gasteiger partial charge in [0.15, 0.2) is 0 Å². The van der Waals surface area contributed by atoms with Gasteiger partial charge in [-0.1, -0.05) is 24.3 Å². The molecule has 3 aromatic carbocycles. The lowest BCUT2D eigenvalue weighted by Gasteiger charge is -2.17. The van der Waals surface area contributed by atoms with E-state index in [9.17, 15) is 10.2 Å². The molecule has 2 N–H and O–H groups in total. The number of rotatable bonds is 2. The van der Waals surface area contributed by atoms with Gasteiger partial charge in [-0.2, -0.15) is 0 Å². The van der Waals surface area contributed by atoms with E-state index in [1.54, 1.807) is 19.2 Å². The van der Waals surface area contributed by atoms with Crippen molar-refractivity contribution in [2.24, 2.45) is 0 Å². The molecule has 3 nitrogen and oxygen atoms in total. The monoisotopic (exact) mass is 294 g/mol. The highest BCUT2D eigenvalue weighted by atomic mass is 16.5. The molecule has 0 saturated heterocycles. The predicted molar refractivity (Wildman–Crippen MR) is 88.7 cm³/mol. The summed E-state index contributed by atoms with van der Waals surface area (Å²) in [6.45, 7) is 3.84. The average Bonchev–Trinajstić information content (AvgIpc) is 2.50. The minimum Gasteiger partial charge on any atom is -0.507 e. The number of benzene rings is 3. The zero-order valence-electron chi connectivity index (χ0n) is 12.8. The van der Waals surface area contributed by atoms with Gasteiger partial charge in [-0.3, -0.25) is 0 Å². The normalized spacial score (nSPS) is 10.9. The number of aromatic hydroxyl groups is 2. The maximum Gasteiger partial charge on any atom is 0.125 e. The van der Waals surface area contributed by atoms with E-state index in [0.717, 1.165) is 38.8 Å². The molecule has 3 heteroatoms. The van der Waals surface area contributed by atoms with Crippen LogP contribution in [0.2, 0.25) is 0 Å². The fraction of sp³-hybridized carbons (Fsp3) is 0.158. The molecule has 0 bridgehead atoms. The summed E-state index contributed by atoms with van der Waals surface area (Å²) in [7, 11) is 1.63. The number of fused-ring (bicyclic) bond motifs is 1. The van der Waals surface area contributed by atoms with Crippen LogP contribution in [0.15, 0.2) is 42.5 Å². The molecule has 0 aliphatic heterocycles. The van der Waals surface area contributed by atoms with Crippen LogP contribution in [0.25, 0.3) is 21.9 Å². The van der Waals surface area contributed by atoms with E-state index < -0.39 is 0 Å². The largest absolute Gasteiger partial charge is 0.507 e. The third-order valence-electron chi connectivity index (χ3n) is 4.06. The smallest absolute Gasteiger partial charge is 0.125 e. The van der Waals surface area contributed by atoms with Gasteiger partial charge >= 0.3 is 0 Å². The fourth-order valence-corrected chi connectivity index (χ4v) is 3.10. The first-order valence-electron chi connectivity index (χ1n) is 7.12. The Morgan fingerprint density at radius 1 is 0.864 bits per heavy atom. The molecule has 22 heavy (non-hydrogen) atoms. The van der Waals surface area contributed by atoms with Crippen molar-refractivity contribution in [3.8, 4) is 28.4 Å². The molecule has 3 aromatic rings. The van der Waals surface area contributed by atoms with Crippen LogP contribution in [-0.2, 0) is 0 Å². The Hall–Kier alpha value is -2.68. The molecule has 0 aliphatic carbocycles. The zero-order chi connectivity index (χ0) is 15.9. The summed E-state index contributed by atoms with van der Waals surface area (Å²) < 4.78 is 5.47. The van der Waals surface area contributed by atoms with Gasteiger partial charge in [0.2, 0.25) is 0 Å². The molecule has 0 aliphatic rings. The van der Waals surface area contributed by atoms with E-state index in [4.69, 9.17) is 4.74 Å². The number of aryl methyl sites for hydroxylation is 1. The van der Waals surface area contributed by atoms with Gasteiger partial charge in [0.1, 0.15) is 17.2 Å². The van der Waals surface area contributed by atoms with Crippen LogP contribution in [0.3, 0.4) is 0 Å². The quantitative estimate of drug-likeness (QED) is 0.729. The zero-order valence-corrected chi connectivity index (χ0v) is 12.8.